The van der Waals surface area contributed by atoms with Crippen molar-refractivity contribution >= 4 is 11.6 Å². The second kappa shape index (κ2) is 4.39. The molecule has 1 atom stereocenters. The highest BCUT2D eigenvalue weighted by Gasteiger charge is 2.43. The average molecular weight is 244 g/mol. The van der Waals surface area contributed by atoms with E-state index in [9.17, 15) is 4.79 Å². The Hall–Kier alpha value is -1.35. The van der Waals surface area contributed by atoms with Gasteiger partial charge in [0.25, 0.3) is 0 Å². The largest absolute Gasteiger partial charge is 0.310 e. The van der Waals surface area contributed by atoms with Gasteiger partial charge in [-0.25, -0.2) is 0 Å². The molecule has 0 radical (unpaired) electrons. The fraction of sp³-hybridized carbons (Fsp3) is 0.533. The molecule has 3 rings (SSSR count). The van der Waals surface area contributed by atoms with Crippen molar-refractivity contribution in [2.24, 2.45) is 0 Å². The second-order valence-corrected chi connectivity index (χ2v) is 5.30. The topological polar surface area (TPSA) is 32.3 Å². The zero-order valence-corrected chi connectivity index (χ0v) is 10.9. The Labute approximate surface area is 108 Å². The molecule has 3 heteroatoms. The molecule has 1 saturated heterocycles. The summed E-state index contributed by atoms with van der Waals surface area (Å²) in [5, 5.41) is 3.44. The number of amides is 1. The summed E-state index contributed by atoms with van der Waals surface area (Å²) in [4.78, 5) is 14.8. The highest BCUT2D eigenvalue weighted by atomic mass is 16.2. The average Bonchev–Trinajstić information content (AvgIpc) is 3.05. The lowest BCUT2D eigenvalue weighted by molar-refractivity contribution is -0.124. The Morgan fingerprint density at radius 2 is 2.28 bits per heavy atom. The molecule has 1 unspecified atom stereocenters. The van der Waals surface area contributed by atoms with Gasteiger partial charge in [-0.1, -0.05) is 25.1 Å². The van der Waals surface area contributed by atoms with Gasteiger partial charge in [-0.3, -0.25) is 4.79 Å². The van der Waals surface area contributed by atoms with E-state index in [-0.39, 0.29) is 11.4 Å². The third-order valence-corrected chi connectivity index (χ3v) is 4.39. The molecule has 2 aliphatic heterocycles. The Balaban J connectivity index is 1.90. The van der Waals surface area contributed by atoms with Crippen molar-refractivity contribution in [3.63, 3.8) is 0 Å². The normalized spacial score (nSPS) is 26.4. The van der Waals surface area contributed by atoms with Gasteiger partial charge in [-0.2, -0.15) is 0 Å². The molecule has 2 aliphatic rings. The molecule has 18 heavy (non-hydrogen) atoms. The fourth-order valence-corrected chi connectivity index (χ4v) is 3.25. The van der Waals surface area contributed by atoms with E-state index in [2.05, 4.69) is 30.4 Å². The molecule has 0 spiro atoms. The van der Waals surface area contributed by atoms with E-state index in [4.69, 9.17) is 0 Å². The van der Waals surface area contributed by atoms with E-state index in [1.807, 2.05) is 11.0 Å². The summed E-state index contributed by atoms with van der Waals surface area (Å²) < 4.78 is 0. The fourth-order valence-electron chi connectivity index (χ4n) is 3.25. The number of hydrogen-bond donors (Lipinski definition) is 1. The van der Waals surface area contributed by atoms with Gasteiger partial charge < -0.3 is 10.2 Å². The maximum Gasteiger partial charge on any atom is 0.247 e. The summed E-state index contributed by atoms with van der Waals surface area (Å²) in [7, 11) is 0. The Kier molecular flexibility index (Phi) is 2.86. The van der Waals surface area contributed by atoms with Gasteiger partial charge in [0.2, 0.25) is 5.91 Å². The van der Waals surface area contributed by atoms with Crippen LogP contribution in [0, 0.1) is 0 Å². The maximum atomic E-state index is 12.8. The van der Waals surface area contributed by atoms with Crippen molar-refractivity contribution in [1.29, 1.82) is 0 Å². The lowest BCUT2D eigenvalue weighted by Crippen LogP contribution is -2.54. The molecular weight excluding hydrogens is 224 g/mol. The molecule has 1 fully saturated rings. The highest BCUT2D eigenvalue weighted by Crippen LogP contribution is 2.33. The van der Waals surface area contributed by atoms with Gasteiger partial charge in [0, 0.05) is 12.2 Å². The van der Waals surface area contributed by atoms with Crippen LogP contribution in [0.3, 0.4) is 0 Å². The van der Waals surface area contributed by atoms with Gasteiger partial charge in [0.15, 0.2) is 0 Å². The summed E-state index contributed by atoms with van der Waals surface area (Å²) >= 11 is 0. The van der Waals surface area contributed by atoms with Crippen LogP contribution in [-0.4, -0.2) is 24.5 Å². The van der Waals surface area contributed by atoms with Gasteiger partial charge in [-0.05, 0) is 43.9 Å². The number of carbonyl (C=O) groups is 1. The molecule has 0 bridgehead atoms. The molecule has 1 N–H and O–H groups in total. The minimum Gasteiger partial charge on any atom is -0.310 e. The van der Waals surface area contributed by atoms with Crippen LogP contribution < -0.4 is 10.2 Å². The number of anilines is 1. The Morgan fingerprint density at radius 1 is 1.44 bits per heavy atom. The number of hydrogen-bond acceptors (Lipinski definition) is 2. The van der Waals surface area contributed by atoms with E-state index in [0.717, 1.165) is 44.5 Å². The molecule has 2 heterocycles. The van der Waals surface area contributed by atoms with Crippen molar-refractivity contribution in [2.75, 3.05) is 18.0 Å². The summed E-state index contributed by atoms with van der Waals surface area (Å²) in [5.41, 5.74) is 2.11. The predicted octanol–water partition coefficient (Wildman–Crippen LogP) is 2.11. The van der Waals surface area contributed by atoms with Crippen molar-refractivity contribution in [3.8, 4) is 0 Å². The number of nitrogens with one attached hydrogen (secondary N) is 1. The van der Waals surface area contributed by atoms with Crippen molar-refractivity contribution in [1.82, 2.24) is 5.32 Å². The first-order valence-electron chi connectivity index (χ1n) is 6.92. The van der Waals surface area contributed by atoms with Gasteiger partial charge in [-0.15, -0.1) is 0 Å². The monoisotopic (exact) mass is 244 g/mol. The van der Waals surface area contributed by atoms with E-state index >= 15 is 0 Å². The molecule has 0 aromatic heterocycles. The smallest absolute Gasteiger partial charge is 0.247 e. The van der Waals surface area contributed by atoms with Gasteiger partial charge in [0.05, 0.1) is 5.54 Å². The SMILES string of the molecule is CCC1(C(=O)N2CCc3ccccc32)CCCN1. The van der Waals surface area contributed by atoms with Crippen LogP contribution in [0.15, 0.2) is 24.3 Å². The van der Waals surface area contributed by atoms with Crippen LogP contribution >= 0.6 is 0 Å². The number of carbonyl (C=O) groups excluding carboxylic acids is 1. The van der Waals surface area contributed by atoms with Crippen molar-refractivity contribution < 1.29 is 4.79 Å². The molecule has 3 nitrogen and oxygen atoms in total. The quantitative estimate of drug-likeness (QED) is 0.864. The summed E-state index contributed by atoms with van der Waals surface area (Å²) in [5.74, 6) is 0.271. The molecule has 0 aliphatic carbocycles. The van der Waals surface area contributed by atoms with Crippen LogP contribution in [0.1, 0.15) is 31.7 Å². The zero-order chi connectivity index (χ0) is 12.6. The molecule has 1 amide bonds. The summed E-state index contributed by atoms with van der Waals surface area (Å²) in [6, 6.07) is 8.27. The third-order valence-electron chi connectivity index (χ3n) is 4.39. The summed E-state index contributed by atoms with van der Waals surface area (Å²) in [6.45, 7) is 3.91. The highest BCUT2D eigenvalue weighted by molar-refractivity contribution is 6.02. The third kappa shape index (κ3) is 1.65. The van der Waals surface area contributed by atoms with Crippen LogP contribution in [0.5, 0.6) is 0 Å². The molecule has 96 valence electrons. The Bertz CT molecular complexity index is 463. The zero-order valence-electron chi connectivity index (χ0n) is 10.9. The van der Waals surface area contributed by atoms with Crippen molar-refractivity contribution in [2.45, 2.75) is 38.1 Å². The molecule has 1 aromatic carbocycles. The van der Waals surface area contributed by atoms with E-state index in [1.54, 1.807) is 0 Å². The van der Waals surface area contributed by atoms with E-state index in [0.29, 0.717) is 0 Å². The molecule has 1 aromatic rings. The molecule has 0 saturated carbocycles. The van der Waals surface area contributed by atoms with Crippen LogP contribution in [0.25, 0.3) is 0 Å². The van der Waals surface area contributed by atoms with Crippen LogP contribution in [-0.2, 0) is 11.2 Å². The second-order valence-electron chi connectivity index (χ2n) is 5.30. The number of benzene rings is 1. The number of para-hydroxylation sites is 1. The van der Waals surface area contributed by atoms with Crippen LogP contribution in [0.4, 0.5) is 5.69 Å². The lowest BCUT2D eigenvalue weighted by Gasteiger charge is -2.32. The first-order chi connectivity index (χ1) is 8.77. The number of rotatable bonds is 2. The van der Waals surface area contributed by atoms with Crippen molar-refractivity contribution in [3.05, 3.63) is 29.8 Å². The minimum atomic E-state index is -0.308. The van der Waals surface area contributed by atoms with E-state index < -0.39 is 0 Å². The first-order valence-corrected chi connectivity index (χ1v) is 6.92. The first kappa shape index (κ1) is 11.7. The minimum absolute atomic E-state index is 0.271. The Morgan fingerprint density at radius 3 is 3.00 bits per heavy atom. The number of fused-ring (bicyclic) bond motifs is 1. The van der Waals surface area contributed by atoms with E-state index in [1.165, 1.54) is 5.56 Å². The molecular formula is C15H20N2O. The summed E-state index contributed by atoms with van der Waals surface area (Å²) in [6.07, 6.45) is 3.95. The lowest BCUT2D eigenvalue weighted by atomic mass is 9.92. The van der Waals surface area contributed by atoms with Gasteiger partial charge >= 0.3 is 0 Å². The van der Waals surface area contributed by atoms with Crippen LogP contribution in [0.2, 0.25) is 0 Å². The maximum absolute atomic E-state index is 12.8. The standard InChI is InChI=1S/C15H20N2O/c1-2-15(9-5-10-16-15)14(18)17-11-8-12-6-3-4-7-13(12)17/h3-4,6-7,16H,2,5,8-11H2,1H3. The number of nitrogens with zero attached hydrogens (tertiary/aromatic N) is 1. The van der Waals surface area contributed by atoms with Gasteiger partial charge in [0.1, 0.15) is 0 Å². The predicted molar refractivity (Wildman–Crippen MR) is 72.8 cm³/mol.